The van der Waals surface area contributed by atoms with E-state index >= 15 is 0 Å². The second-order valence-corrected chi connectivity index (χ2v) is 18.7. The van der Waals surface area contributed by atoms with Crippen LogP contribution < -0.4 is 21.8 Å². The summed E-state index contributed by atoms with van der Waals surface area (Å²) >= 11 is 3.55. The van der Waals surface area contributed by atoms with Gasteiger partial charge in [-0.15, -0.1) is 28.2 Å². The molecular weight excluding hydrogens is 961 g/mol. The molecule has 2 unspecified atom stereocenters. The smallest absolute Gasteiger partial charge is 0.356 e. The van der Waals surface area contributed by atoms with Crippen LogP contribution in [0.2, 0.25) is 0 Å². The van der Waals surface area contributed by atoms with Gasteiger partial charge in [0, 0.05) is 11.1 Å². The maximum absolute atomic E-state index is 14.7. The Balaban J connectivity index is 1.00. The Morgan fingerprint density at radius 1 is 0.873 bits per heavy atom. The number of H-pyrrole nitrogens is 1. The van der Waals surface area contributed by atoms with Crippen molar-refractivity contribution in [2.45, 2.75) is 34.8 Å². The Morgan fingerprint density at radius 2 is 1.44 bits per heavy atom. The number of aromatic nitrogens is 4. The first kappa shape index (κ1) is 48.2. The van der Waals surface area contributed by atoms with Crippen LogP contribution in [-0.4, -0.2) is 84.1 Å². The number of fused-ring (bicyclic) bond motifs is 1. The third-order valence-electron chi connectivity index (χ3n) is 11.7. The maximum atomic E-state index is 14.7. The van der Waals surface area contributed by atoms with Gasteiger partial charge >= 0.3 is 17.1 Å². The Kier molecular flexibility index (Phi) is 14.8. The summed E-state index contributed by atoms with van der Waals surface area (Å²) in [5, 5.41) is 29.4. The SMILES string of the molecule is CO/N=C(/C(=O)NC1C(=O)N2C(C(=O)OC(c3ccccc3)c3ccccc3)=C(/C=C/Sc3n[nH]c(=O)c(=O)n3CCO)CSC12)c1csc(NC(c2ccccc2)(c2ccccc2)c2ccccc2)n1. The van der Waals surface area contributed by atoms with E-state index in [1.807, 2.05) is 152 Å². The van der Waals surface area contributed by atoms with E-state index in [2.05, 4.69) is 26.0 Å². The molecule has 0 saturated carbocycles. The molecule has 71 heavy (non-hydrogen) atoms. The standard InChI is InChI=1S/C52H44N8O8S3/c1-67-58-40(39-32-71-50(53-39)55-52(36-21-11-4-12-22-36,37-23-13-5-14-24-37)38-25-15-6-16-26-38)44(62)54-41-46(64)60-42(49(66)68-43(33-17-7-2-8-18-33)34-19-9-3-10-20-34)35(31-70-48(41)60)27-30-69-51-57-56-45(63)47(65)59(51)28-29-61/h2-27,30,32,41,43,48,61H,28-29,31H2,1H3,(H,53,55)(H,54,62)(H,56,63)/b30-27+,58-40+. The molecule has 4 N–H and O–H groups in total. The van der Waals surface area contributed by atoms with Crippen LogP contribution in [0.4, 0.5) is 5.13 Å². The van der Waals surface area contributed by atoms with E-state index in [0.29, 0.717) is 21.8 Å². The molecule has 16 nitrogen and oxygen atoms in total. The lowest BCUT2D eigenvalue weighted by Crippen LogP contribution is -2.71. The number of nitrogens with one attached hydrogen (secondary N) is 3. The number of aliphatic hydroxyl groups is 1. The molecule has 2 aromatic heterocycles. The van der Waals surface area contributed by atoms with Crippen molar-refractivity contribution in [1.82, 2.24) is 30.0 Å². The minimum absolute atomic E-state index is 0.0418. The topological polar surface area (TPSA) is 210 Å². The van der Waals surface area contributed by atoms with E-state index in [0.717, 1.165) is 33.0 Å². The van der Waals surface area contributed by atoms with E-state index in [1.54, 1.807) is 16.9 Å². The Hall–Kier alpha value is -7.84. The average molecular weight is 1010 g/mol. The number of aliphatic hydroxyl groups excluding tert-OH is 1. The zero-order valence-electron chi connectivity index (χ0n) is 37.8. The summed E-state index contributed by atoms with van der Waals surface area (Å²) in [7, 11) is 1.31. The highest BCUT2D eigenvalue weighted by Gasteiger charge is 2.55. The molecule has 0 aliphatic carbocycles. The number of anilines is 1. The molecule has 2 amide bonds. The molecule has 7 aromatic rings. The lowest BCUT2D eigenvalue weighted by molar-refractivity contribution is -0.154. The minimum Gasteiger partial charge on any atom is -0.448 e. The summed E-state index contributed by atoms with van der Waals surface area (Å²) < 4.78 is 7.34. The Morgan fingerprint density at radius 3 is 1.99 bits per heavy atom. The number of thioether (sulfide) groups is 2. The number of thiazole rings is 1. The molecule has 2 aliphatic heterocycles. The largest absolute Gasteiger partial charge is 0.448 e. The van der Waals surface area contributed by atoms with Crippen LogP contribution in [0.3, 0.4) is 0 Å². The van der Waals surface area contributed by atoms with Gasteiger partial charge < -0.3 is 25.3 Å². The van der Waals surface area contributed by atoms with Crippen LogP contribution in [0.15, 0.2) is 200 Å². The number of hydrogen-bond acceptors (Lipinski definition) is 15. The van der Waals surface area contributed by atoms with Gasteiger partial charge in [-0.2, -0.15) is 0 Å². The number of β-lactam (4-membered cyclic amide) rings is 1. The highest BCUT2D eigenvalue weighted by Crippen LogP contribution is 2.43. The van der Waals surface area contributed by atoms with Gasteiger partial charge in [-0.3, -0.25) is 28.6 Å². The van der Waals surface area contributed by atoms with Crippen molar-refractivity contribution >= 4 is 63.5 Å². The van der Waals surface area contributed by atoms with Crippen molar-refractivity contribution in [2.75, 3.05) is 24.8 Å². The fraction of sp³-hybridized carbons (Fsp3) is 0.154. The fourth-order valence-electron chi connectivity index (χ4n) is 8.37. The second-order valence-electron chi connectivity index (χ2n) is 15.9. The number of amides is 2. The Bertz CT molecular complexity index is 3110. The van der Waals surface area contributed by atoms with Crippen molar-refractivity contribution in [3.63, 3.8) is 0 Å². The second kappa shape index (κ2) is 21.8. The average Bonchev–Trinajstić information content (AvgIpc) is 3.88. The number of oxime groups is 1. The summed E-state index contributed by atoms with van der Waals surface area (Å²) in [6.07, 6.45) is 0.752. The first-order valence-electron chi connectivity index (χ1n) is 22.2. The minimum atomic E-state index is -1.09. The first-order chi connectivity index (χ1) is 34.7. The number of carbonyl (C=O) groups is 3. The van der Waals surface area contributed by atoms with Gasteiger partial charge in [0.05, 0.1) is 13.2 Å². The number of nitrogens with zero attached hydrogens (tertiary/aromatic N) is 5. The van der Waals surface area contributed by atoms with Crippen molar-refractivity contribution in [2.24, 2.45) is 5.16 Å². The molecule has 358 valence electrons. The van der Waals surface area contributed by atoms with Gasteiger partial charge in [0.25, 0.3) is 11.8 Å². The summed E-state index contributed by atoms with van der Waals surface area (Å²) in [4.78, 5) is 79.3. The number of ether oxygens (including phenoxy) is 1. The molecule has 1 saturated heterocycles. The first-order valence-corrected chi connectivity index (χ1v) is 25.0. The summed E-state index contributed by atoms with van der Waals surface area (Å²) in [6, 6.07) is 47.3. The van der Waals surface area contributed by atoms with Gasteiger partial charge in [-0.05, 0) is 44.9 Å². The molecule has 2 atom stereocenters. The predicted octanol–water partition coefficient (Wildman–Crippen LogP) is 6.43. The molecular formula is C52H44N8O8S3. The lowest BCUT2D eigenvalue weighted by atomic mass is 9.77. The van der Waals surface area contributed by atoms with Crippen LogP contribution in [0, 0.1) is 0 Å². The normalized spacial score (nSPS) is 15.8. The number of benzene rings is 5. The van der Waals surface area contributed by atoms with Gasteiger partial charge in [-0.1, -0.05) is 169 Å². The molecule has 2 aliphatic rings. The van der Waals surface area contributed by atoms with Crippen molar-refractivity contribution < 1.29 is 29.1 Å². The van der Waals surface area contributed by atoms with E-state index in [4.69, 9.17) is 14.6 Å². The van der Waals surface area contributed by atoms with Crippen LogP contribution in [-0.2, 0) is 36.0 Å². The molecule has 0 radical (unpaired) electrons. The lowest BCUT2D eigenvalue weighted by Gasteiger charge is -2.49. The van der Waals surface area contributed by atoms with Crippen LogP contribution >= 0.6 is 34.9 Å². The van der Waals surface area contributed by atoms with Crippen LogP contribution in [0.1, 0.15) is 39.6 Å². The quantitative estimate of drug-likeness (QED) is 0.0139. The van der Waals surface area contributed by atoms with Gasteiger partial charge in [0.2, 0.25) is 0 Å². The predicted molar refractivity (Wildman–Crippen MR) is 273 cm³/mol. The van der Waals surface area contributed by atoms with Crippen molar-refractivity contribution in [1.29, 1.82) is 0 Å². The van der Waals surface area contributed by atoms with E-state index in [-0.39, 0.29) is 34.6 Å². The highest BCUT2D eigenvalue weighted by molar-refractivity contribution is 8.02. The zero-order chi connectivity index (χ0) is 49.3. The molecule has 1 fully saturated rings. The van der Waals surface area contributed by atoms with Gasteiger partial charge in [0.1, 0.15) is 35.5 Å². The number of carbonyl (C=O) groups excluding carboxylic acids is 3. The third-order valence-corrected chi connectivity index (χ3v) is 14.5. The van der Waals surface area contributed by atoms with Crippen LogP contribution in [0.5, 0.6) is 0 Å². The maximum Gasteiger partial charge on any atom is 0.356 e. The summed E-state index contributed by atoms with van der Waals surface area (Å²) in [6.45, 7) is -0.589. The molecule has 5 aromatic carbocycles. The van der Waals surface area contributed by atoms with E-state index in [9.17, 15) is 29.1 Å². The summed E-state index contributed by atoms with van der Waals surface area (Å²) in [5.41, 5.74) is 1.91. The number of hydrogen-bond donors (Lipinski definition) is 4. The molecule has 0 bridgehead atoms. The molecule has 0 spiro atoms. The van der Waals surface area contributed by atoms with Crippen molar-refractivity contribution in [3.05, 3.63) is 234 Å². The molecule has 4 heterocycles. The molecule has 19 heteroatoms. The number of esters is 1. The fourth-order valence-corrected chi connectivity index (χ4v) is 11.2. The van der Waals surface area contributed by atoms with Gasteiger partial charge in [0.15, 0.2) is 22.1 Å². The zero-order valence-corrected chi connectivity index (χ0v) is 40.2. The summed E-state index contributed by atoms with van der Waals surface area (Å²) in [5.74, 6) is -1.91. The van der Waals surface area contributed by atoms with Crippen LogP contribution in [0.25, 0.3) is 0 Å². The number of aromatic amines is 1. The molecule has 9 rings (SSSR count). The highest BCUT2D eigenvalue weighted by atomic mass is 32.2. The Labute approximate surface area is 419 Å². The van der Waals surface area contributed by atoms with Crippen molar-refractivity contribution in [3.8, 4) is 0 Å². The van der Waals surface area contributed by atoms with E-state index in [1.165, 1.54) is 35.1 Å². The number of allylic oxidation sites excluding steroid dienone is 1. The third kappa shape index (κ3) is 9.98. The monoisotopic (exact) mass is 1000 g/mol. The van der Waals surface area contributed by atoms with E-state index < -0.39 is 58.6 Å². The van der Waals surface area contributed by atoms with Gasteiger partial charge in [-0.25, -0.2) is 14.9 Å². The number of rotatable bonds is 18.